The molecule has 17 heavy (non-hydrogen) atoms. The van der Waals surface area contributed by atoms with Crippen molar-refractivity contribution in [2.75, 3.05) is 20.3 Å². The predicted molar refractivity (Wildman–Crippen MR) is 62.6 cm³/mol. The van der Waals surface area contributed by atoms with E-state index in [9.17, 15) is 9.59 Å². The molecule has 5 heteroatoms. The van der Waals surface area contributed by atoms with E-state index < -0.39 is 11.9 Å². The molecule has 0 aromatic heterocycles. The smallest absolute Gasteiger partial charge is 0.308 e. The van der Waals surface area contributed by atoms with E-state index in [2.05, 4.69) is 0 Å². The molecular formula is C12H21NO4. The van der Waals surface area contributed by atoms with Gasteiger partial charge in [0.1, 0.15) is 0 Å². The fraction of sp³-hybridized carbons (Fsp3) is 0.833. The van der Waals surface area contributed by atoms with Gasteiger partial charge in [-0.1, -0.05) is 6.92 Å². The average molecular weight is 243 g/mol. The molecule has 0 bridgehead atoms. The fourth-order valence-corrected chi connectivity index (χ4v) is 2.38. The predicted octanol–water partition coefficient (Wildman–Crippen LogP) is 0.981. The van der Waals surface area contributed by atoms with E-state index in [1.807, 2.05) is 13.8 Å². The zero-order valence-electron chi connectivity index (χ0n) is 10.7. The first kappa shape index (κ1) is 14.0. The molecule has 0 saturated carbocycles. The van der Waals surface area contributed by atoms with Crippen LogP contribution in [-0.2, 0) is 14.3 Å². The van der Waals surface area contributed by atoms with Gasteiger partial charge in [-0.2, -0.15) is 0 Å². The van der Waals surface area contributed by atoms with Gasteiger partial charge in [-0.15, -0.1) is 0 Å². The number of carbonyl (C=O) groups is 2. The van der Waals surface area contributed by atoms with E-state index >= 15 is 0 Å². The minimum atomic E-state index is -0.808. The zero-order valence-corrected chi connectivity index (χ0v) is 10.7. The summed E-state index contributed by atoms with van der Waals surface area (Å²) in [5, 5.41) is 8.99. The molecule has 5 nitrogen and oxygen atoms in total. The Labute approximate surface area is 102 Å². The third-order valence-corrected chi connectivity index (χ3v) is 3.37. The summed E-state index contributed by atoms with van der Waals surface area (Å²) in [7, 11) is 1.61. The molecule has 1 amide bonds. The van der Waals surface area contributed by atoms with Crippen molar-refractivity contribution in [1.82, 2.24) is 4.90 Å². The van der Waals surface area contributed by atoms with Crippen molar-refractivity contribution in [1.29, 1.82) is 0 Å². The molecule has 1 aliphatic heterocycles. The SMILES string of the molecule is COCC(C)CC(=O)N1CCC(C(=O)O)C1C. The fourth-order valence-electron chi connectivity index (χ4n) is 2.38. The zero-order chi connectivity index (χ0) is 13.0. The molecule has 1 N–H and O–H groups in total. The van der Waals surface area contributed by atoms with Crippen LogP contribution in [0.1, 0.15) is 26.7 Å². The summed E-state index contributed by atoms with van der Waals surface area (Å²) in [5.74, 6) is -1.02. The van der Waals surface area contributed by atoms with Crippen molar-refractivity contribution < 1.29 is 19.4 Å². The van der Waals surface area contributed by atoms with Crippen molar-refractivity contribution in [2.45, 2.75) is 32.7 Å². The Morgan fingerprint density at radius 2 is 2.18 bits per heavy atom. The molecule has 0 aromatic carbocycles. The minimum Gasteiger partial charge on any atom is -0.481 e. The summed E-state index contributed by atoms with van der Waals surface area (Å²) in [6.45, 7) is 4.87. The number of ether oxygens (including phenoxy) is 1. The molecule has 1 heterocycles. The molecule has 98 valence electrons. The molecule has 0 aromatic rings. The number of rotatable bonds is 5. The minimum absolute atomic E-state index is 0.0331. The van der Waals surface area contributed by atoms with Crippen LogP contribution >= 0.6 is 0 Å². The maximum atomic E-state index is 12.0. The molecule has 0 spiro atoms. The Morgan fingerprint density at radius 1 is 1.53 bits per heavy atom. The lowest BCUT2D eigenvalue weighted by Gasteiger charge is -2.24. The summed E-state index contributed by atoms with van der Waals surface area (Å²) in [4.78, 5) is 24.6. The van der Waals surface area contributed by atoms with Crippen LogP contribution in [0.3, 0.4) is 0 Å². The lowest BCUT2D eigenvalue weighted by molar-refractivity contribution is -0.143. The summed E-state index contributed by atoms with van der Waals surface area (Å²) in [5.41, 5.74) is 0. The number of hydrogen-bond acceptors (Lipinski definition) is 3. The van der Waals surface area contributed by atoms with Gasteiger partial charge in [-0.05, 0) is 19.3 Å². The van der Waals surface area contributed by atoms with Crippen molar-refractivity contribution in [3.05, 3.63) is 0 Å². The van der Waals surface area contributed by atoms with E-state index in [-0.39, 0.29) is 17.9 Å². The number of hydrogen-bond donors (Lipinski definition) is 1. The van der Waals surface area contributed by atoms with Gasteiger partial charge in [0.2, 0.25) is 5.91 Å². The second-order valence-electron chi connectivity index (χ2n) is 4.83. The first-order chi connectivity index (χ1) is 7.97. The number of likely N-dealkylation sites (tertiary alicyclic amines) is 1. The number of amides is 1. The molecule has 1 aliphatic rings. The molecule has 3 unspecified atom stereocenters. The van der Waals surface area contributed by atoms with Crippen LogP contribution in [0.4, 0.5) is 0 Å². The van der Waals surface area contributed by atoms with Crippen LogP contribution in [0.2, 0.25) is 0 Å². The highest BCUT2D eigenvalue weighted by Crippen LogP contribution is 2.25. The Bertz CT molecular complexity index is 292. The van der Waals surface area contributed by atoms with E-state index in [1.165, 1.54) is 0 Å². The van der Waals surface area contributed by atoms with E-state index in [0.717, 1.165) is 0 Å². The van der Waals surface area contributed by atoms with Crippen LogP contribution in [0.25, 0.3) is 0 Å². The number of methoxy groups -OCH3 is 1. The Hall–Kier alpha value is -1.10. The number of aliphatic carboxylic acids is 1. The first-order valence-electron chi connectivity index (χ1n) is 5.98. The van der Waals surface area contributed by atoms with Crippen molar-refractivity contribution in [2.24, 2.45) is 11.8 Å². The normalized spacial score (nSPS) is 25.9. The van der Waals surface area contributed by atoms with Gasteiger partial charge in [-0.3, -0.25) is 9.59 Å². The van der Waals surface area contributed by atoms with Gasteiger partial charge in [0.25, 0.3) is 0 Å². The van der Waals surface area contributed by atoms with E-state index in [0.29, 0.717) is 26.0 Å². The van der Waals surface area contributed by atoms with Gasteiger partial charge in [0, 0.05) is 32.7 Å². The first-order valence-corrected chi connectivity index (χ1v) is 5.98. The molecule has 3 atom stereocenters. The van der Waals surface area contributed by atoms with Crippen LogP contribution in [0, 0.1) is 11.8 Å². The van der Waals surface area contributed by atoms with Gasteiger partial charge in [0.05, 0.1) is 5.92 Å². The van der Waals surface area contributed by atoms with Gasteiger partial charge >= 0.3 is 5.97 Å². The monoisotopic (exact) mass is 243 g/mol. The van der Waals surface area contributed by atoms with Crippen LogP contribution < -0.4 is 0 Å². The van der Waals surface area contributed by atoms with Crippen LogP contribution in [0.5, 0.6) is 0 Å². The number of carboxylic acids is 1. The molecule has 1 saturated heterocycles. The summed E-state index contributed by atoms with van der Waals surface area (Å²) in [6, 6.07) is -0.199. The lowest BCUT2D eigenvalue weighted by Crippen LogP contribution is -2.38. The number of nitrogens with zero attached hydrogens (tertiary/aromatic N) is 1. The topological polar surface area (TPSA) is 66.8 Å². The third-order valence-electron chi connectivity index (χ3n) is 3.37. The Balaban J connectivity index is 2.51. The maximum absolute atomic E-state index is 12.0. The van der Waals surface area contributed by atoms with Crippen molar-refractivity contribution >= 4 is 11.9 Å². The van der Waals surface area contributed by atoms with Crippen molar-refractivity contribution in [3.63, 3.8) is 0 Å². The average Bonchev–Trinajstić information content (AvgIpc) is 2.60. The molecule has 0 radical (unpaired) electrons. The van der Waals surface area contributed by atoms with Gasteiger partial charge in [0.15, 0.2) is 0 Å². The lowest BCUT2D eigenvalue weighted by atomic mass is 10.0. The second kappa shape index (κ2) is 6.00. The van der Waals surface area contributed by atoms with E-state index in [4.69, 9.17) is 9.84 Å². The quantitative estimate of drug-likeness (QED) is 0.781. The van der Waals surface area contributed by atoms with Crippen molar-refractivity contribution in [3.8, 4) is 0 Å². The maximum Gasteiger partial charge on any atom is 0.308 e. The molecule has 1 fully saturated rings. The standard InChI is InChI=1S/C12H21NO4/c1-8(7-17-3)6-11(14)13-5-4-10(9(13)2)12(15)16/h8-10H,4-7H2,1-3H3,(H,15,16). The molecular weight excluding hydrogens is 222 g/mol. The Morgan fingerprint density at radius 3 is 2.65 bits per heavy atom. The second-order valence-corrected chi connectivity index (χ2v) is 4.83. The third kappa shape index (κ3) is 3.43. The highest BCUT2D eigenvalue weighted by Gasteiger charge is 2.38. The van der Waals surface area contributed by atoms with E-state index in [1.54, 1.807) is 12.0 Å². The highest BCUT2D eigenvalue weighted by molar-refractivity contribution is 5.79. The largest absolute Gasteiger partial charge is 0.481 e. The summed E-state index contributed by atoms with van der Waals surface area (Å²) >= 11 is 0. The highest BCUT2D eigenvalue weighted by atomic mass is 16.5. The van der Waals surface area contributed by atoms with Gasteiger partial charge < -0.3 is 14.7 Å². The summed E-state index contributed by atoms with van der Waals surface area (Å²) < 4.78 is 4.99. The van der Waals surface area contributed by atoms with Crippen LogP contribution in [0.15, 0.2) is 0 Å². The number of carbonyl (C=O) groups excluding carboxylic acids is 1. The summed E-state index contributed by atoms with van der Waals surface area (Å²) in [6.07, 6.45) is 0.978. The molecule has 1 rings (SSSR count). The number of carboxylic acid groups (broad SMARTS) is 1. The van der Waals surface area contributed by atoms with Gasteiger partial charge in [-0.25, -0.2) is 0 Å². The van der Waals surface area contributed by atoms with Crippen LogP contribution in [-0.4, -0.2) is 48.2 Å². The molecule has 0 aliphatic carbocycles. The Kier molecular flexibility index (Phi) is 4.93.